The standard InChI is InChI=1S/C25H34N4O6/c1-7-16-8-10-17(11-9-16)15(2)26-22(32)19-12-18(30)14-29(19)23(33)21(27-24(34)35)25(3,4)13-20(31)28(5)6/h1,8-11,15,18-19,21,27,30H,12-14H2,2-6H3,(H,26,32)(H,34,35)/t15-,18+,19-,21+/m0/s1. The largest absolute Gasteiger partial charge is 0.465 e. The van der Waals surface area contributed by atoms with Crippen LogP contribution in [0.5, 0.6) is 0 Å². The smallest absolute Gasteiger partial charge is 0.405 e. The van der Waals surface area contributed by atoms with Crippen LogP contribution in [0, 0.1) is 17.8 Å². The molecule has 0 aliphatic carbocycles. The van der Waals surface area contributed by atoms with E-state index in [2.05, 4.69) is 16.6 Å². The third kappa shape index (κ3) is 6.96. The van der Waals surface area contributed by atoms with Crippen LogP contribution in [-0.2, 0) is 14.4 Å². The van der Waals surface area contributed by atoms with Crippen molar-refractivity contribution >= 4 is 23.8 Å². The van der Waals surface area contributed by atoms with Gasteiger partial charge in [-0.3, -0.25) is 14.4 Å². The summed E-state index contributed by atoms with van der Waals surface area (Å²) >= 11 is 0. The van der Waals surface area contributed by atoms with E-state index in [-0.39, 0.29) is 25.3 Å². The number of terminal acetylenes is 1. The molecule has 0 radical (unpaired) electrons. The van der Waals surface area contributed by atoms with E-state index in [0.29, 0.717) is 5.56 Å². The van der Waals surface area contributed by atoms with Crippen molar-refractivity contribution in [1.82, 2.24) is 20.4 Å². The quantitative estimate of drug-likeness (QED) is 0.404. The molecule has 0 bridgehead atoms. The third-order valence-corrected chi connectivity index (χ3v) is 6.20. The molecule has 35 heavy (non-hydrogen) atoms. The van der Waals surface area contributed by atoms with Crippen LogP contribution >= 0.6 is 0 Å². The lowest BCUT2D eigenvalue weighted by molar-refractivity contribution is -0.143. The number of aliphatic hydroxyl groups excluding tert-OH is 1. The summed E-state index contributed by atoms with van der Waals surface area (Å²) in [6.45, 7) is 4.87. The van der Waals surface area contributed by atoms with Crippen LogP contribution in [0.1, 0.15) is 50.8 Å². The van der Waals surface area contributed by atoms with Crippen molar-refractivity contribution in [1.29, 1.82) is 0 Å². The molecule has 0 aromatic heterocycles. The lowest BCUT2D eigenvalue weighted by Gasteiger charge is -2.37. The Kier molecular flexibility index (Phi) is 8.88. The number of carbonyl (C=O) groups is 4. The average Bonchev–Trinajstić information content (AvgIpc) is 3.18. The molecule has 1 saturated heterocycles. The Bertz CT molecular complexity index is 998. The fourth-order valence-corrected chi connectivity index (χ4v) is 4.10. The maximum absolute atomic E-state index is 13.5. The monoisotopic (exact) mass is 486 g/mol. The first-order chi connectivity index (χ1) is 16.3. The number of aliphatic hydroxyl groups is 1. The van der Waals surface area contributed by atoms with Gasteiger partial charge in [0.25, 0.3) is 0 Å². The molecule has 1 aromatic rings. The van der Waals surface area contributed by atoms with Gasteiger partial charge in [-0.15, -0.1) is 6.42 Å². The number of nitrogens with zero attached hydrogens (tertiary/aromatic N) is 2. The highest BCUT2D eigenvalue weighted by atomic mass is 16.4. The normalized spacial score (nSPS) is 19.3. The summed E-state index contributed by atoms with van der Waals surface area (Å²) in [5.74, 6) is 1.10. The summed E-state index contributed by atoms with van der Waals surface area (Å²) in [6, 6.07) is 4.40. The molecule has 190 valence electrons. The van der Waals surface area contributed by atoms with Gasteiger partial charge in [0.2, 0.25) is 17.7 Å². The Morgan fingerprint density at radius 2 is 1.80 bits per heavy atom. The number of rotatable bonds is 8. The zero-order valence-electron chi connectivity index (χ0n) is 20.7. The minimum atomic E-state index is -1.43. The van der Waals surface area contributed by atoms with E-state index in [1.54, 1.807) is 59.1 Å². The molecule has 4 amide bonds. The van der Waals surface area contributed by atoms with Gasteiger partial charge in [-0.2, -0.15) is 0 Å². The number of hydrogen-bond donors (Lipinski definition) is 4. The minimum Gasteiger partial charge on any atom is -0.465 e. The second-order valence-corrected chi connectivity index (χ2v) is 9.73. The molecule has 4 N–H and O–H groups in total. The summed E-state index contributed by atoms with van der Waals surface area (Å²) in [5.41, 5.74) is 0.412. The topological polar surface area (TPSA) is 139 Å². The summed E-state index contributed by atoms with van der Waals surface area (Å²) in [7, 11) is 3.14. The van der Waals surface area contributed by atoms with Crippen LogP contribution in [0.25, 0.3) is 0 Å². The molecule has 1 fully saturated rings. The number of amides is 4. The fraction of sp³-hybridized carbons (Fsp3) is 0.520. The van der Waals surface area contributed by atoms with Gasteiger partial charge in [0.1, 0.15) is 12.1 Å². The maximum atomic E-state index is 13.5. The molecule has 0 saturated carbocycles. The van der Waals surface area contributed by atoms with E-state index in [4.69, 9.17) is 6.42 Å². The first kappa shape index (κ1) is 27.7. The van der Waals surface area contributed by atoms with E-state index >= 15 is 0 Å². The van der Waals surface area contributed by atoms with Crippen LogP contribution < -0.4 is 10.6 Å². The number of carboxylic acid groups (broad SMARTS) is 1. The Balaban J connectivity index is 2.24. The Morgan fingerprint density at radius 3 is 2.31 bits per heavy atom. The van der Waals surface area contributed by atoms with Gasteiger partial charge in [-0.05, 0) is 24.6 Å². The molecule has 0 unspecified atom stereocenters. The highest BCUT2D eigenvalue weighted by molar-refractivity contribution is 5.93. The predicted octanol–water partition coefficient (Wildman–Crippen LogP) is 0.948. The average molecular weight is 487 g/mol. The maximum Gasteiger partial charge on any atom is 0.405 e. The van der Waals surface area contributed by atoms with E-state index in [1.165, 1.54) is 9.80 Å². The number of β-amino-alcohol motifs (C(OH)–C–C–N with tert-alkyl or cyclic N) is 1. The van der Waals surface area contributed by atoms with Gasteiger partial charge in [0, 0.05) is 44.5 Å². The summed E-state index contributed by atoms with van der Waals surface area (Å²) < 4.78 is 0. The van der Waals surface area contributed by atoms with Crippen LogP contribution in [0.3, 0.4) is 0 Å². The molecule has 4 atom stereocenters. The van der Waals surface area contributed by atoms with Crippen molar-refractivity contribution in [3.63, 3.8) is 0 Å². The third-order valence-electron chi connectivity index (χ3n) is 6.20. The molecule has 10 nitrogen and oxygen atoms in total. The summed E-state index contributed by atoms with van der Waals surface area (Å²) in [5, 5.41) is 24.7. The molecule has 2 rings (SSSR count). The van der Waals surface area contributed by atoms with Gasteiger partial charge < -0.3 is 30.6 Å². The molecule has 1 aromatic carbocycles. The molecular weight excluding hydrogens is 452 g/mol. The Hall–Kier alpha value is -3.58. The first-order valence-corrected chi connectivity index (χ1v) is 11.3. The van der Waals surface area contributed by atoms with Crippen molar-refractivity contribution in [3.8, 4) is 12.3 Å². The number of carbonyl (C=O) groups excluding carboxylic acids is 3. The van der Waals surface area contributed by atoms with Gasteiger partial charge in [-0.1, -0.05) is 31.9 Å². The van der Waals surface area contributed by atoms with Gasteiger partial charge in [0.05, 0.1) is 12.1 Å². The number of nitrogens with one attached hydrogen (secondary N) is 2. The molecule has 10 heteroatoms. The fourth-order valence-electron chi connectivity index (χ4n) is 4.10. The second kappa shape index (κ2) is 11.2. The van der Waals surface area contributed by atoms with Crippen molar-refractivity contribution in [2.45, 2.75) is 57.8 Å². The Morgan fingerprint density at radius 1 is 1.20 bits per heavy atom. The van der Waals surface area contributed by atoms with Crippen LogP contribution in [0.4, 0.5) is 4.79 Å². The lowest BCUT2D eigenvalue weighted by atomic mass is 9.79. The highest BCUT2D eigenvalue weighted by Gasteiger charge is 2.46. The van der Waals surface area contributed by atoms with Crippen molar-refractivity contribution in [3.05, 3.63) is 35.4 Å². The first-order valence-electron chi connectivity index (χ1n) is 11.3. The van der Waals surface area contributed by atoms with Crippen LogP contribution in [0.15, 0.2) is 24.3 Å². The molecule has 1 heterocycles. The van der Waals surface area contributed by atoms with E-state index < -0.39 is 47.6 Å². The summed E-state index contributed by atoms with van der Waals surface area (Å²) in [6.07, 6.45) is 2.91. The van der Waals surface area contributed by atoms with E-state index in [1.807, 2.05) is 0 Å². The van der Waals surface area contributed by atoms with Crippen molar-refractivity contribution in [2.75, 3.05) is 20.6 Å². The van der Waals surface area contributed by atoms with Crippen molar-refractivity contribution in [2.24, 2.45) is 5.41 Å². The summed E-state index contributed by atoms with van der Waals surface area (Å²) in [4.78, 5) is 53.0. The van der Waals surface area contributed by atoms with Crippen LogP contribution in [0.2, 0.25) is 0 Å². The predicted molar refractivity (Wildman–Crippen MR) is 129 cm³/mol. The zero-order valence-corrected chi connectivity index (χ0v) is 20.7. The number of hydrogen-bond acceptors (Lipinski definition) is 5. The molecule has 1 aliphatic rings. The zero-order chi connectivity index (χ0) is 26.5. The second-order valence-electron chi connectivity index (χ2n) is 9.73. The Labute approximate surface area is 205 Å². The molecular formula is C25H34N4O6. The number of benzene rings is 1. The van der Waals surface area contributed by atoms with E-state index in [9.17, 15) is 29.4 Å². The van der Waals surface area contributed by atoms with Gasteiger partial charge in [-0.25, -0.2) is 4.79 Å². The van der Waals surface area contributed by atoms with Gasteiger partial charge >= 0.3 is 6.09 Å². The lowest BCUT2D eigenvalue weighted by Crippen LogP contribution is -2.58. The van der Waals surface area contributed by atoms with Crippen LogP contribution in [-0.4, -0.2) is 82.7 Å². The molecule has 1 aliphatic heterocycles. The van der Waals surface area contributed by atoms with Crippen molar-refractivity contribution < 1.29 is 29.4 Å². The SMILES string of the molecule is C#Cc1ccc([C@H](C)NC(=O)[C@@H]2C[C@@H](O)CN2C(=O)[C@@H](NC(=O)O)C(C)(C)CC(=O)N(C)C)cc1. The van der Waals surface area contributed by atoms with Gasteiger partial charge in [0.15, 0.2) is 0 Å². The minimum absolute atomic E-state index is 0.0111. The highest BCUT2D eigenvalue weighted by Crippen LogP contribution is 2.30. The van der Waals surface area contributed by atoms with E-state index in [0.717, 1.165) is 5.56 Å². The molecule has 0 spiro atoms. The number of likely N-dealkylation sites (tertiary alicyclic amines) is 1.